The maximum Gasteiger partial charge on any atom is 0.220 e. The van der Waals surface area contributed by atoms with Gasteiger partial charge in [-0.15, -0.1) is 0 Å². The van der Waals surface area contributed by atoms with Gasteiger partial charge in [0, 0.05) is 55.6 Å². The molecule has 148 heavy (non-hydrogen) atoms. The van der Waals surface area contributed by atoms with Crippen molar-refractivity contribution in [2.45, 2.75) is 278 Å². The van der Waals surface area contributed by atoms with Gasteiger partial charge in [0.25, 0.3) is 0 Å². The molecule has 0 radical (unpaired) electrons. The second kappa shape index (κ2) is 46.1. The van der Waals surface area contributed by atoms with Crippen LogP contribution in [0.5, 0.6) is 0 Å². The van der Waals surface area contributed by atoms with Crippen LogP contribution in [0, 0.1) is 153 Å². The SMILES string of the molecule is Cc1cc(C)c(C)c(-c2c3ccc(CC(C)(C)C)cc3c(C)c[n+]2C)c1.Cc1cc(C)c(C)c(-c2c3ccc(CC(C)C)cc3c(C)c[n+]2C)c1.Cc1ccc(C)c(-c2c3ccc(CC(C)(C)C)cc3c(C)c[n+]2C)c1.Cc1ccc(C)c(-c2c3ccc(CC(C)C)cc3c(C)c[n+]2C)c1.Cc1ccccc1-c1c2ccc(C3CCCC3)cc2c(C)c[n+]1C.Cc1ccccc1-c1c2ccc(CC(C)(C)C)cc2c(C)c[n+]1C. The van der Waals surface area contributed by atoms with E-state index in [1.807, 2.05) is 0 Å². The zero-order valence-electron chi connectivity index (χ0n) is 97.5. The standard InChI is InChI=1S/C25H32N.2C24H30N.C23H26N.2C23H28N/c1-16-11-17(2)19(4)23(12-16)24-21-10-9-20(14-25(5,6)7)13-22(21)18(3)15-26(24)8;1-15(2)10-20-8-9-21-22(13-20)18(5)14-25(7)24(21)23-12-16(3)11-17(4)19(23)6;1-16-8-9-17(2)22(12-16)23-20-11-10-19(14-24(4,5)6)13-21(20)18(3)15-25(23)7;1-16-8-4-7-11-20(16)23-21-13-12-19(18-9-5-6-10-18)14-22(21)17(2)15-24(23)3;1-15(2)11-19-9-10-20-21(13-19)18(5)14-24(6)23(20)22-12-16(3)7-8-17(22)4;1-16-9-7-8-10-19(16)22-20-12-11-18(14-23(3,4)5)13-21(20)17(2)15-24(22)6/h9-13,15H,14H2,1-8H3;8-9,11-15H,10H2,1-7H3;8-13,15H,14H2,1-7H3;4,7-8,11-15,18H,5-6,9-10H2,1-3H3;7-10,12-15H,11H2,1-6H3;7-13,15H,14H2,1-6H3/q6*+1. The number of pyridine rings is 6. The van der Waals surface area contributed by atoms with Crippen LogP contribution in [0.4, 0.5) is 0 Å². The lowest BCUT2D eigenvalue weighted by Gasteiger charge is -2.19. The molecule has 0 N–H and O–H groups in total. The summed E-state index contributed by atoms with van der Waals surface area (Å²) in [7, 11) is 13.0. The Balaban J connectivity index is 0.000000140. The molecular formula is C142H174N6+6. The van der Waals surface area contributed by atoms with Crippen molar-refractivity contribution in [1.82, 2.24) is 0 Å². The highest BCUT2D eigenvalue weighted by Crippen LogP contribution is 2.43. The fourth-order valence-corrected chi connectivity index (χ4v) is 23.5. The molecule has 1 fully saturated rings. The van der Waals surface area contributed by atoms with Crippen molar-refractivity contribution in [3.05, 3.63) is 389 Å². The van der Waals surface area contributed by atoms with Crippen LogP contribution in [0.15, 0.2) is 256 Å². The Hall–Kier alpha value is -12.9. The topological polar surface area (TPSA) is 23.3 Å². The molecule has 19 rings (SSSR count). The first-order valence-corrected chi connectivity index (χ1v) is 54.7. The van der Waals surface area contributed by atoms with Gasteiger partial charge < -0.3 is 0 Å². The van der Waals surface area contributed by atoms with Crippen molar-refractivity contribution in [1.29, 1.82) is 0 Å². The van der Waals surface area contributed by atoms with Gasteiger partial charge in [0.15, 0.2) is 37.2 Å². The molecule has 0 amide bonds. The van der Waals surface area contributed by atoms with Gasteiger partial charge in [0.05, 0.1) is 43.4 Å². The third-order valence-corrected chi connectivity index (χ3v) is 30.5. The number of fused-ring (bicyclic) bond motifs is 6. The van der Waals surface area contributed by atoms with Crippen LogP contribution in [0.2, 0.25) is 0 Å². The maximum absolute atomic E-state index is 2.46. The lowest BCUT2D eigenvalue weighted by Crippen LogP contribution is -2.31. The van der Waals surface area contributed by atoms with E-state index in [9.17, 15) is 0 Å². The monoisotopic (exact) mass is 1960 g/mol. The van der Waals surface area contributed by atoms with Crippen molar-refractivity contribution in [2.75, 3.05) is 0 Å². The molecule has 1 aliphatic rings. The number of rotatable bonds is 14. The van der Waals surface area contributed by atoms with E-state index in [0.717, 1.165) is 38.0 Å². The van der Waals surface area contributed by atoms with E-state index >= 15 is 0 Å². The Morgan fingerprint density at radius 1 is 0.223 bits per heavy atom. The second-order valence-corrected chi connectivity index (χ2v) is 49.0. The molecule has 0 spiro atoms. The van der Waals surface area contributed by atoms with Gasteiger partial charge in [-0.05, 0) is 387 Å². The molecule has 0 unspecified atom stereocenters. The smallest absolute Gasteiger partial charge is 0.200 e. The van der Waals surface area contributed by atoms with E-state index in [0.29, 0.717) is 28.1 Å². The summed E-state index contributed by atoms with van der Waals surface area (Å²) < 4.78 is 13.7. The van der Waals surface area contributed by atoms with Crippen molar-refractivity contribution in [3.8, 4) is 67.5 Å². The number of aryl methyl sites for hydroxylation is 22. The molecule has 18 aromatic rings. The predicted molar refractivity (Wildman–Crippen MR) is 636 cm³/mol. The van der Waals surface area contributed by atoms with Crippen molar-refractivity contribution in [3.63, 3.8) is 0 Å². The molecule has 1 saturated carbocycles. The zero-order valence-corrected chi connectivity index (χ0v) is 97.5. The molecule has 6 heterocycles. The van der Waals surface area contributed by atoms with E-state index in [4.69, 9.17) is 0 Å². The lowest BCUT2D eigenvalue weighted by molar-refractivity contribution is -0.659. The van der Waals surface area contributed by atoms with Crippen LogP contribution in [0.25, 0.3) is 132 Å². The van der Waals surface area contributed by atoms with Crippen LogP contribution in [-0.2, 0) is 74.4 Å². The molecule has 0 bridgehead atoms. The van der Waals surface area contributed by atoms with Crippen LogP contribution in [-0.4, -0.2) is 0 Å². The molecule has 766 valence electrons. The van der Waals surface area contributed by atoms with E-state index in [2.05, 4.69) is 540 Å². The van der Waals surface area contributed by atoms with Gasteiger partial charge in [-0.3, -0.25) is 0 Å². The minimum Gasteiger partial charge on any atom is -0.200 e. The average molecular weight is 1960 g/mol. The summed E-state index contributed by atoms with van der Waals surface area (Å²) in [5.41, 5.74) is 49.5. The van der Waals surface area contributed by atoms with Gasteiger partial charge >= 0.3 is 0 Å². The van der Waals surface area contributed by atoms with Crippen molar-refractivity contribution in [2.24, 2.45) is 70.4 Å². The fourth-order valence-electron chi connectivity index (χ4n) is 23.5. The zero-order chi connectivity index (χ0) is 107. The van der Waals surface area contributed by atoms with E-state index in [1.54, 1.807) is 0 Å². The number of hydrogen-bond donors (Lipinski definition) is 0. The summed E-state index contributed by atoms with van der Waals surface area (Å²) in [6.07, 6.45) is 24.7. The first-order valence-electron chi connectivity index (χ1n) is 54.7. The minimum absolute atomic E-state index is 0.300. The molecule has 1 aliphatic carbocycles. The second-order valence-electron chi connectivity index (χ2n) is 49.0. The van der Waals surface area contributed by atoms with Gasteiger partial charge in [-0.2, -0.15) is 0 Å². The predicted octanol–water partition coefficient (Wildman–Crippen LogP) is 34.4. The van der Waals surface area contributed by atoms with Gasteiger partial charge in [0.2, 0.25) is 34.2 Å². The van der Waals surface area contributed by atoms with Crippen LogP contribution in [0.3, 0.4) is 0 Å². The third kappa shape index (κ3) is 26.0. The fraction of sp³-hybridized carbons (Fsp3) is 0.366. The van der Waals surface area contributed by atoms with Gasteiger partial charge in [0.1, 0.15) is 42.3 Å². The molecule has 0 aliphatic heterocycles. The molecule has 6 nitrogen and oxygen atoms in total. The Labute approximate surface area is 891 Å². The highest BCUT2D eigenvalue weighted by molar-refractivity contribution is 6.01. The highest BCUT2D eigenvalue weighted by Gasteiger charge is 2.30. The molecule has 6 heteroatoms. The van der Waals surface area contributed by atoms with E-state index < -0.39 is 0 Å². The summed E-state index contributed by atoms with van der Waals surface area (Å²) in [6, 6.07) is 82.3. The average Bonchev–Trinajstić information content (AvgIpc) is 0.805. The molecular weight excluding hydrogens is 1790 g/mol. The minimum atomic E-state index is 0.300. The third-order valence-electron chi connectivity index (χ3n) is 30.5. The number of nitrogens with zero attached hydrogens (tertiary/aromatic N) is 6. The summed E-state index contributed by atoms with van der Waals surface area (Å²) in [5.74, 6) is 2.13. The first kappa shape index (κ1) is 111. The Morgan fingerprint density at radius 2 is 0.466 bits per heavy atom. The molecule has 0 atom stereocenters. The summed E-state index contributed by atoms with van der Waals surface area (Å²) >= 11 is 0. The quantitative estimate of drug-likeness (QED) is 0.0969. The molecule has 0 saturated heterocycles. The lowest BCUT2D eigenvalue weighted by atomic mass is 9.86. The normalized spacial score (nSPS) is 12.3. The molecule has 6 aromatic heterocycles. The Morgan fingerprint density at radius 3 is 0.750 bits per heavy atom. The van der Waals surface area contributed by atoms with Crippen LogP contribution >= 0.6 is 0 Å². The number of aromatic nitrogens is 6. The van der Waals surface area contributed by atoms with Crippen molar-refractivity contribution < 1.29 is 27.4 Å². The number of benzene rings is 12. The Kier molecular flexibility index (Phi) is 34.5. The summed E-state index contributed by atoms with van der Waals surface area (Å²) in [5, 5.41) is 16.4. The largest absolute Gasteiger partial charge is 0.220 e. The highest BCUT2D eigenvalue weighted by atomic mass is 15.0. The summed E-state index contributed by atoms with van der Waals surface area (Å²) in [6.45, 7) is 69.6. The first-order chi connectivity index (χ1) is 69.8. The van der Waals surface area contributed by atoms with Crippen LogP contribution in [0.1, 0.15) is 255 Å². The summed E-state index contributed by atoms with van der Waals surface area (Å²) in [4.78, 5) is 0. The molecule has 12 aromatic carbocycles. The van der Waals surface area contributed by atoms with E-state index in [1.165, 1.54) is 291 Å². The van der Waals surface area contributed by atoms with E-state index in [-0.39, 0.29) is 0 Å². The Bertz CT molecular complexity index is 8010. The van der Waals surface area contributed by atoms with Gasteiger partial charge in [-0.25, -0.2) is 27.4 Å². The number of hydrogen-bond acceptors (Lipinski definition) is 0. The maximum atomic E-state index is 2.46. The van der Waals surface area contributed by atoms with Crippen molar-refractivity contribution >= 4 is 64.6 Å². The van der Waals surface area contributed by atoms with Gasteiger partial charge in [-0.1, -0.05) is 271 Å². The van der Waals surface area contributed by atoms with Crippen LogP contribution < -0.4 is 27.4 Å².